The molecule has 0 fully saturated rings. The van der Waals surface area contributed by atoms with E-state index in [9.17, 15) is 13.6 Å². The van der Waals surface area contributed by atoms with E-state index in [-0.39, 0.29) is 24.2 Å². The van der Waals surface area contributed by atoms with Crippen LogP contribution in [0.25, 0.3) is 11.0 Å². The second-order valence-electron chi connectivity index (χ2n) is 6.17. The monoisotopic (exact) mass is 406 g/mol. The van der Waals surface area contributed by atoms with Crippen LogP contribution in [0, 0.1) is 13.8 Å². The van der Waals surface area contributed by atoms with Crippen molar-refractivity contribution in [2.45, 2.75) is 37.9 Å². The van der Waals surface area contributed by atoms with Crippen LogP contribution in [0.15, 0.2) is 35.6 Å². The summed E-state index contributed by atoms with van der Waals surface area (Å²) in [7, 11) is 1.59. The Bertz CT molecular complexity index is 1010. The number of alkyl halides is 2. The number of rotatable bonds is 7. The van der Waals surface area contributed by atoms with E-state index in [0.717, 1.165) is 16.9 Å². The number of para-hydroxylation sites is 2. The summed E-state index contributed by atoms with van der Waals surface area (Å²) in [6.45, 7) is 3.87. The molecule has 3 rings (SSSR count). The highest BCUT2D eigenvalue weighted by atomic mass is 32.2. The number of amides is 1. The summed E-state index contributed by atoms with van der Waals surface area (Å²) < 4.78 is 32.6. The normalized spacial score (nSPS) is 11.2. The van der Waals surface area contributed by atoms with E-state index in [1.54, 1.807) is 37.6 Å². The number of aryl methyl sites for hydroxylation is 1. The highest BCUT2D eigenvalue weighted by molar-refractivity contribution is 7.99. The van der Waals surface area contributed by atoms with Gasteiger partial charge in [-0.15, -0.1) is 0 Å². The zero-order valence-electron chi connectivity index (χ0n) is 15.7. The second kappa shape index (κ2) is 8.55. The molecule has 0 aliphatic rings. The third kappa shape index (κ3) is 4.24. The summed E-state index contributed by atoms with van der Waals surface area (Å²) in [4.78, 5) is 21.0. The van der Waals surface area contributed by atoms with E-state index in [1.165, 1.54) is 4.57 Å². The van der Waals surface area contributed by atoms with Crippen LogP contribution in [0.4, 0.5) is 8.78 Å². The maximum absolute atomic E-state index is 12.9. The molecule has 0 unspecified atom stereocenters. The lowest BCUT2D eigenvalue weighted by molar-refractivity contribution is -0.121. The predicted octanol–water partition coefficient (Wildman–Crippen LogP) is 3.69. The molecule has 1 aromatic carbocycles. The summed E-state index contributed by atoms with van der Waals surface area (Å²) in [5.74, 6) is -2.21. The number of halogens is 2. The Kier molecular flexibility index (Phi) is 6.13. The van der Waals surface area contributed by atoms with Crippen molar-refractivity contribution in [3.8, 4) is 5.75 Å². The number of ether oxygens (including phenoxy) is 1. The molecule has 6 nitrogen and oxygen atoms in total. The smallest absolute Gasteiger partial charge is 0.291 e. The minimum absolute atomic E-state index is 0.109. The SMILES string of the molecule is COc1c(C)cnc(CNC(=O)Cn2c(SC(F)F)nc3ccccc32)c1C. The van der Waals surface area contributed by atoms with Gasteiger partial charge in [-0.3, -0.25) is 9.78 Å². The number of imidazole rings is 1. The van der Waals surface area contributed by atoms with E-state index in [0.29, 0.717) is 28.5 Å². The number of fused-ring (bicyclic) bond motifs is 1. The molecule has 2 heterocycles. The van der Waals surface area contributed by atoms with Crippen molar-refractivity contribution in [1.82, 2.24) is 19.9 Å². The fraction of sp³-hybridized carbons (Fsp3) is 0.316. The van der Waals surface area contributed by atoms with Crippen LogP contribution >= 0.6 is 11.8 Å². The van der Waals surface area contributed by atoms with Crippen molar-refractivity contribution >= 4 is 28.7 Å². The van der Waals surface area contributed by atoms with E-state index in [2.05, 4.69) is 15.3 Å². The maximum atomic E-state index is 12.9. The quantitative estimate of drug-likeness (QED) is 0.606. The fourth-order valence-electron chi connectivity index (χ4n) is 3.01. The summed E-state index contributed by atoms with van der Waals surface area (Å²) in [5, 5.41) is 2.90. The third-order valence-corrected chi connectivity index (χ3v) is 5.02. The van der Waals surface area contributed by atoms with Gasteiger partial charge in [0.2, 0.25) is 5.91 Å². The summed E-state index contributed by atoms with van der Waals surface area (Å²) in [6, 6.07) is 7.03. The van der Waals surface area contributed by atoms with Crippen molar-refractivity contribution < 1.29 is 18.3 Å². The molecular formula is C19H20F2N4O2S. The van der Waals surface area contributed by atoms with E-state index >= 15 is 0 Å². The van der Waals surface area contributed by atoms with Gasteiger partial charge >= 0.3 is 0 Å². The molecule has 0 bridgehead atoms. The molecule has 148 valence electrons. The maximum Gasteiger partial charge on any atom is 0.291 e. The van der Waals surface area contributed by atoms with Crippen LogP contribution in [0.2, 0.25) is 0 Å². The van der Waals surface area contributed by atoms with Crippen molar-refractivity contribution in [2.24, 2.45) is 0 Å². The van der Waals surface area contributed by atoms with Gasteiger partial charge in [-0.2, -0.15) is 8.78 Å². The van der Waals surface area contributed by atoms with E-state index in [1.807, 2.05) is 13.8 Å². The number of pyridine rings is 1. The average molecular weight is 406 g/mol. The van der Waals surface area contributed by atoms with Crippen LogP contribution in [-0.4, -0.2) is 33.3 Å². The van der Waals surface area contributed by atoms with Gasteiger partial charge in [0.1, 0.15) is 12.3 Å². The van der Waals surface area contributed by atoms with Gasteiger partial charge in [-0.05, 0) is 37.7 Å². The Morgan fingerprint density at radius 1 is 1.32 bits per heavy atom. The molecule has 0 atom stereocenters. The van der Waals surface area contributed by atoms with E-state index in [4.69, 9.17) is 4.74 Å². The largest absolute Gasteiger partial charge is 0.496 e. The standard InChI is InChI=1S/C19H20F2N4O2S/c1-11-8-22-14(12(2)17(11)27-3)9-23-16(26)10-25-15-7-5-4-6-13(15)24-19(25)28-18(20)21/h4-8,18H,9-10H2,1-3H3,(H,23,26). The van der Waals surface area contributed by atoms with Crippen molar-refractivity contribution in [3.63, 3.8) is 0 Å². The lowest BCUT2D eigenvalue weighted by Crippen LogP contribution is -2.28. The molecule has 0 aliphatic heterocycles. The first-order chi connectivity index (χ1) is 13.4. The Balaban J connectivity index is 1.77. The van der Waals surface area contributed by atoms with Crippen LogP contribution in [0.3, 0.4) is 0 Å². The lowest BCUT2D eigenvalue weighted by atomic mass is 10.1. The number of carbonyl (C=O) groups is 1. The number of hydrogen-bond donors (Lipinski definition) is 1. The van der Waals surface area contributed by atoms with Gasteiger partial charge in [0.05, 0.1) is 30.4 Å². The second-order valence-corrected chi connectivity index (χ2v) is 7.13. The van der Waals surface area contributed by atoms with Gasteiger partial charge in [0, 0.05) is 17.3 Å². The number of carbonyl (C=O) groups excluding carboxylic acids is 1. The first kappa shape index (κ1) is 20.1. The van der Waals surface area contributed by atoms with Crippen molar-refractivity contribution in [3.05, 3.63) is 47.3 Å². The third-order valence-electron chi connectivity index (χ3n) is 4.32. The first-order valence-electron chi connectivity index (χ1n) is 8.56. The topological polar surface area (TPSA) is 69.0 Å². The minimum Gasteiger partial charge on any atom is -0.496 e. The molecule has 0 radical (unpaired) electrons. The van der Waals surface area contributed by atoms with Crippen molar-refractivity contribution in [2.75, 3.05) is 7.11 Å². The van der Waals surface area contributed by atoms with Crippen LogP contribution in [0.5, 0.6) is 5.75 Å². The van der Waals surface area contributed by atoms with Gasteiger partial charge in [-0.1, -0.05) is 12.1 Å². The van der Waals surface area contributed by atoms with Gasteiger partial charge in [0.15, 0.2) is 5.16 Å². The number of thioether (sulfide) groups is 1. The molecular weight excluding hydrogens is 386 g/mol. The Hall–Kier alpha value is -2.68. The first-order valence-corrected chi connectivity index (χ1v) is 9.44. The molecule has 0 spiro atoms. The molecule has 1 N–H and O–H groups in total. The Labute approximate surface area is 165 Å². The van der Waals surface area contributed by atoms with Crippen LogP contribution in [-0.2, 0) is 17.9 Å². The number of aromatic nitrogens is 3. The van der Waals surface area contributed by atoms with Gasteiger partial charge in [-0.25, -0.2) is 4.98 Å². The van der Waals surface area contributed by atoms with Gasteiger partial charge in [0.25, 0.3) is 5.76 Å². The summed E-state index contributed by atoms with van der Waals surface area (Å²) in [5.41, 5.74) is 3.65. The number of nitrogens with one attached hydrogen (secondary N) is 1. The lowest BCUT2D eigenvalue weighted by Gasteiger charge is -2.13. The van der Waals surface area contributed by atoms with E-state index < -0.39 is 5.76 Å². The number of hydrogen-bond acceptors (Lipinski definition) is 5. The number of methoxy groups -OCH3 is 1. The zero-order valence-corrected chi connectivity index (χ0v) is 16.5. The van der Waals surface area contributed by atoms with Crippen LogP contribution in [0.1, 0.15) is 16.8 Å². The van der Waals surface area contributed by atoms with Crippen LogP contribution < -0.4 is 10.1 Å². The molecule has 2 aromatic heterocycles. The zero-order chi connectivity index (χ0) is 20.3. The Morgan fingerprint density at radius 2 is 2.07 bits per heavy atom. The number of nitrogens with zero attached hydrogens (tertiary/aromatic N) is 3. The molecule has 3 aromatic rings. The Morgan fingerprint density at radius 3 is 2.79 bits per heavy atom. The predicted molar refractivity (Wildman–Crippen MR) is 104 cm³/mol. The van der Waals surface area contributed by atoms with Crippen molar-refractivity contribution in [1.29, 1.82) is 0 Å². The molecule has 0 aliphatic carbocycles. The molecule has 9 heteroatoms. The van der Waals surface area contributed by atoms with Gasteiger partial charge < -0.3 is 14.6 Å². The molecule has 0 saturated carbocycles. The highest BCUT2D eigenvalue weighted by Gasteiger charge is 2.18. The summed E-state index contributed by atoms with van der Waals surface area (Å²) in [6.07, 6.45) is 1.69. The molecule has 0 saturated heterocycles. The average Bonchev–Trinajstić information content (AvgIpc) is 2.98. The molecule has 28 heavy (non-hydrogen) atoms. The number of benzene rings is 1. The summed E-state index contributed by atoms with van der Waals surface area (Å²) >= 11 is 0.326. The minimum atomic E-state index is -2.62. The molecule has 1 amide bonds. The highest BCUT2D eigenvalue weighted by Crippen LogP contribution is 2.28. The fourth-order valence-corrected chi connectivity index (χ4v) is 3.61.